The molecule has 3 aromatic rings. The first-order chi connectivity index (χ1) is 14.8. The maximum Gasteiger partial charge on any atom is 0.412 e. The fourth-order valence-electron chi connectivity index (χ4n) is 2.61. The van der Waals surface area contributed by atoms with Crippen molar-refractivity contribution in [3.05, 3.63) is 89.7 Å². The number of carbonyl (C=O) groups excluding carboxylic acids is 2. The van der Waals surface area contributed by atoms with Crippen molar-refractivity contribution in [3.8, 4) is 11.8 Å². The van der Waals surface area contributed by atoms with Gasteiger partial charge in [-0.25, -0.2) is 9.78 Å². The first-order valence-corrected chi connectivity index (χ1v) is 9.73. The summed E-state index contributed by atoms with van der Waals surface area (Å²) in [6.45, 7) is 5.35. The molecule has 0 bridgehead atoms. The van der Waals surface area contributed by atoms with Crippen molar-refractivity contribution >= 4 is 23.4 Å². The molecular formula is C25H23N3O3. The van der Waals surface area contributed by atoms with Gasteiger partial charge >= 0.3 is 6.09 Å². The van der Waals surface area contributed by atoms with E-state index in [-0.39, 0.29) is 5.91 Å². The van der Waals surface area contributed by atoms with Crippen LogP contribution in [0.3, 0.4) is 0 Å². The summed E-state index contributed by atoms with van der Waals surface area (Å²) in [5.74, 6) is 5.72. The van der Waals surface area contributed by atoms with Crippen LogP contribution in [0.5, 0.6) is 0 Å². The van der Waals surface area contributed by atoms with Gasteiger partial charge in [-0.2, -0.15) is 0 Å². The average molecular weight is 413 g/mol. The maximum atomic E-state index is 12.7. The number of hydrogen-bond acceptors (Lipinski definition) is 4. The highest BCUT2D eigenvalue weighted by Crippen LogP contribution is 2.16. The second-order valence-electron chi connectivity index (χ2n) is 7.71. The molecular weight excluding hydrogens is 390 g/mol. The second-order valence-corrected chi connectivity index (χ2v) is 7.71. The van der Waals surface area contributed by atoms with E-state index in [9.17, 15) is 9.59 Å². The van der Waals surface area contributed by atoms with Crippen LogP contribution in [0.4, 0.5) is 16.2 Å². The topological polar surface area (TPSA) is 80.3 Å². The lowest BCUT2D eigenvalue weighted by atomic mass is 10.1. The predicted octanol–water partition coefficient (Wildman–Crippen LogP) is 5.08. The molecule has 6 heteroatoms. The number of nitrogens with one attached hydrogen (secondary N) is 2. The molecule has 0 saturated heterocycles. The van der Waals surface area contributed by atoms with E-state index >= 15 is 0 Å². The van der Waals surface area contributed by atoms with Crippen LogP contribution in [-0.4, -0.2) is 22.6 Å². The van der Waals surface area contributed by atoms with Crippen LogP contribution in [0.15, 0.2) is 72.9 Å². The maximum absolute atomic E-state index is 12.7. The van der Waals surface area contributed by atoms with E-state index in [1.54, 1.807) is 63.4 Å². The highest BCUT2D eigenvalue weighted by Gasteiger charge is 2.16. The van der Waals surface area contributed by atoms with E-state index in [1.165, 1.54) is 0 Å². The molecule has 0 aliphatic heterocycles. The van der Waals surface area contributed by atoms with E-state index in [2.05, 4.69) is 27.5 Å². The van der Waals surface area contributed by atoms with Crippen molar-refractivity contribution in [2.75, 3.05) is 10.6 Å². The summed E-state index contributed by atoms with van der Waals surface area (Å²) in [6.07, 6.45) is 1.11. The van der Waals surface area contributed by atoms with Gasteiger partial charge in [0.05, 0.1) is 0 Å². The minimum atomic E-state index is -0.608. The smallest absolute Gasteiger partial charge is 0.412 e. The summed E-state index contributed by atoms with van der Waals surface area (Å²) >= 11 is 0. The Balaban J connectivity index is 1.68. The van der Waals surface area contributed by atoms with Crippen molar-refractivity contribution in [2.24, 2.45) is 0 Å². The molecule has 0 radical (unpaired) electrons. The van der Waals surface area contributed by atoms with Gasteiger partial charge in [0.15, 0.2) is 0 Å². The Kier molecular flexibility index (Phi) is 6.68. The molecule has 1 heterocycles. The van der Waals surface area contributed by atoms with Crippen LogP contribution < -0.4 is 10.6 Å². The molecule has 6 nitrogen and oxygen atoms in total. The molecule has 31 heavy (non-hydrogen) atoms. The number of ether oxygens (including phenoxy) is 1. The summed E-state index contributed by atoms with van der Waals surface area (Å²) in [5, 5.41) is 5.48. The molecule has 0 aliphatic rings. The lowest BCUT2D eigenvalue weighted by Gasteiger charge is -2.19. The number of rotatable bonds is 3. The number of hydrogen-bond donors (Lipinski definition) is 2. The van der Waals surface area contributed by atoms with Crippen LogP contribution in [-0.2, 0) is 4.74 Å². The lowest BCUT2D eigenvalue weighted by molar-refractivity contribution is 0.0635. The van der Waals surface area contributed by atoms with Gasteiger partial charge in [0, 0.05) is 28.7 Å². The van der Waals surface area contributed by atoms with Crippen LogP contribution >= 0.6 is 0 Å². The van der Waals surface area contributed by atoms with Gasteiger partial charge in [-0.05, 0) is 75.2 Å². The Morgan fingerprint density at radius 1 is 0.871 bits per heavy atom. The third kappa shape index (κ3) is 7.02. The predicted molar refractivity (Wildman–Crippen MR) is 121 cm³/mol. The highest BCUT2D eigenvalue weighted by molar-refractivity contribution is 6.05. The zero-order valence-corrected chi connectivity index (χ0v) is 17.6. The zero-order valence-electron chi connectivity index (χ0n) is 17.6. The van der Waals surface area contributed by atoms with E-state index in [0.29, 0.717) is 22.6 Å². The third-order valence-corrected chi connectivity index (χ3v) is 3.89. The molecule has 0 unspecified atom stereocenters. The van der Waals surface area contributed by atoms with Crippen molar-refractivity contribution < 1.29 is 14.3 Å². The van der Waals surface area contributed by atoms with Crippen LogP contribution in [0.2, 0.25) is 0 Å². The Morgan fingerprint density at radius 2 is 1.61 bits per heavy atom. The van der Waals surface area contributed by atoms with Crippen LogP contribution in [0.25, 0.3) is 0 Å². The summed E-state index contributed by atoms with van der Waals surface area (Å²) < 4.78 is 5.24. The summed E-state index contributed by atoms with van der Waals surface area (Å²) in [6, 6.07) is 19.4. The number of amides is 2. The van der Waals surface area contributed by atoms with Gasteiger partial charge in [0.25, 0.3) is 5.91 Å². The number of pyridine rings is 1. The molecule has 3 rings (SSSR count). The fraction of sp³-hybridized carbons (Fsp3) is 0.160. The molecule has 0 aliphatic carbocycles. The zero-order chi connectivity index (χ0) is 22.3. The first kappa shape index (κ1) is 21.6. The molecule has 0 saturated carbocycles. The SMILES string of the molecule is CC(C)(C)OC(=O)Nc1cccc(C(=O)Nc2cccc(C#Cc3ccccn3)c2)c1. The highest BCUT2D eigenvalue weighted by atomic mass is 16.6. The van der Waals surface area contributed by atoms with Crippen molar-refractivity contribution in [3.63, 3.8) is 0 Å². The number of aromatic nitrogens is 1. The van der Waals surface area contributed by atoms with Gasteiger partial charge in [-0.1, -0.05) is 24.1 Å². The molecule has 0 fully saturated rings. The third-order valence-electron chi connectivity index (χ3n) is 3.89. The molecule has 2 aromatic carbocycles. The van der Waals surface area contributed by atoms with Gasteiger partial charge in [0.1, 0.15) is 11.3 Å². The Hall–Kier alpha value is -4.11. The normalized spacial score (nSPS) is 10.4. The average Bonchev–Trinajstić information content (AvgIpc) is 2.72. The van der Waals surface area contributed by atoms with Crippen LogP contribution in [0.1, 0.15) is 42.4 Å². The minimum Gasteiger partial charge on any atom is -0.444 e. The first-order valence-electron chi connectivity index (χ1n) is 9.73. The van der Waals surface area contributed by atoms with Crippen molar-refractivity contribution in [1.82, 2.24) is 4.98 Å². The van der Waals surface area contributed by atoms with Crippen molar-refractivity contribution in [2.45, 2.75) is 26.4 Å². The van der Waals surface area contributed by atoms with E-state index in [4.69, 9.17) is 4.74 Å². The molecule has 0 spiro atoms. The monoisotopic (exact) mass is 413 g/mol. The number of anilines is 2. The largest absolute Gasteiger partial charge is 0.444 e. The second kappa shape index (κ2) is 9.59. The van der Waals surface area contributed by atoms with E-state index in [0.717, 1.165) is 5.56 Å². The number of benzene rings is 2. The molecule has 2 N–H and O–H groups in total. The molecule has 156 valence electrons. The fourth-order valence-corrected chi connectivity index (χ4v) is 2.61. The number of carbonyl (C=O) groups is 2. The molecule has 0 atom stereocenters. The van der Waals surface area contributed by atoms with E-state index < -0.39 is 11.7 Å². The van der Waals surface area contributed by atoms with Gasteiger partial charge in [-0.3, -0.25) is 10.1 Å². The minimum absolute atomic E-state index is 0.303. The Morgan fingerprint density at radius 3 is 2.32 bits per heavy atom. The Bertz CT molecular complexity index is 1140. The summed E-state index contributed by atoms with van der Waals surface area (Å²) in [4.78, 5) is 28.8. The van der Waals surface area contributed by atoms with Gasteiger partial charge in [0.2, 0.25) is 0 Å². The quantitative estimate of drug-likeness (QED) is 0.587. The molecule has 1 aromatic heterocycles. The lowest BCUT2D eigenvalue weighted by Crippen LogP contribution is -2.27. The van der Waals surface area contributed by atoms with Gasteiger partial charge < -0.3 is 10.1 Å². The molecule has 2 amide bonds. The number of nitrogens with zero attached hydrogens (tertiary/aromatic N) is 1. The Labute approximate surface area is 181 Å². The van der Waals surface area contributed by atoms with Crippen LogP contribution in [0, 0.1) is 11.8 Å². The van der Waals surface area contributed by atoms with E-state index in [1.807, 2.05) is 30.3 Å². The summed E-state index contributed by atoms with van der Waals surface area (Å²) in [5.41, 5.74) is 2.30. The van der Waals surface area contributed by atoms with Crippen molar-refractivity contribution in [1.29, 1.82) is 0 Å². The van der Waals surface area contributed by atoms with Gasteiger partial charge in [-0.15, -0.1) is 0 Å². The summed E-state index contributed by atoms with van der Waals surface area (Å²) in [7, 11) is 0. The standard InChI is InChI=1S/C25H23N3O3/c1-25(2,3)31-24(30)28-22-12-7-9-19(17-22)23(29)27-21-11-6-8-18(16-21)13-14-20-10-4-5-15-26-20/h4-12,15-17H,1-3H3,(H,27,29)(H,28,30).